The minimum absolute atomic E-state index is 0.0876. The molecule has 2 rings (SSSR count). The highest BCUT2D eigenvalue weighted by Crippen LogP contribution is 2.42. The van der Waals surface area contributed by atoms with Crippen LogP contribution in [-0.4, -0.2) is 10.2 Å². The van der Waals surface area contributed by atoms with Crippen molar-refractivity contribution in [2.75, 3.05) is 0 Å². The molecule has 2 aromatic rings. The Hall–Kier alpha value is -0.913. The SMILES string of the molecule is [SiH3]CCC(P)(c1ccccc1)c1ccccc1. The zero-order valence-electron chi connectivity index (χ0n) is 10.3. The van der Waals surface area contributed by atoms with E-state index in [9.17, 15) is 0 Å². The van der Waals surface area contributed by atoms with E-state index >= 15 is 0 Å². The Bertz CT molecular complexity index is 413. The monoisotopic (exact) mass is 258 g/mol. The molecule has 1 atom stereocenters. The van der Waals surface area contributed by atoms with Crippen molar-refractivity contribution >= 4 is 19.5 Å². The maximum Gasteiger partial charge on any atom is 0.0341 e. The first-order valence-electron chi connectivity index (χ1n) is 6.17. The highest BCUT2D eigenvalue weighted by molar-refractivity contribution is 7.19. The Morgan fingerprint density at radius 2 is 1.24 bits per heavy atom. The van der Waals surface area contributed by atoms with Crippen molar-refractivity contribution < 1.29 is 0 Å². The minimum Gasteiger partial charge on any atom is -0.122 e. The number of hydrogen-bond acceptors (Lipinski definition) is 0. The van der Waals surface area contributed by atoms with Crippen LogP contribution < -0.4 is 0 Å². The van der Waals surface area contributed by atoms with Crippen molar-refractivity contribution in [3.05, 3.63) is 71.8 Å². The predicted octanol–water partition coefficient (Wildman–Crippen LogP) is 2.98. The highest BCUT2D eigenvalue weighted by atomic mass is 31.0. The van der Waals surface area contributed by atoms with E-state index < -0.39 is 0 Å². The van der Waals surface area contributed by atoms with E-state index in [1.165, 1.54) is 33.8 Å². The van der Waals surface area contributed by atoms with Crippen LogP contribution in [0.3, 0.4) is 0 Å². The van der Waals surface area contributed by atoms with Gasteiger partial charge in [-0.05, 0) is 17.5 Å². The summed E-state index contributed by atoms with van der Waals surface area (Å²) in [6.45, 7) is 0. The number of hydrogen-bond donors (Lipinski definition) is 0. The summed E-state index contributed by atoms with van der Waals surface area (Å²) < 4.78 is 0. The van der Waals surface area contributed by atoms with E-state index in [1.807, 2.05) is 0 Å². The van der Waals surface area contributed by atoms with Crippen LogP contribution >= 0.6 is 9.24 Å². The molecule has 0 aliphatic carbocycles. The van der Waals surface area contributed by atoms with Crippen LogP contribution in [0.5, 0.6) is 0 Å². The molecule has 1 unspecified atom stereocenters. The van der Waals surface area contributed by atoms with E-state index in [2.05, 4.69) is 69.9 Å². The molecule has 0 aromatic heterocycles. The maximum absolute atomic E-state index is 3.09. The Morgan fingerprint density at radius 1 is 0.824 bits per heavy atom. The Balaban J connectivity index is 2.47. The molecule has 0 saturated heterocycles. The van der Waals surface area contributed by atoms with Gasteiger partial charge in [-0.15, -0.1) is 9.24 Å². The standard InChI is InChI=1S/C15H19PSi/c16-15(11-12-17,13-7-3-1-4-8-13)14-9-5-2-6-10-14/h1-10H,11-12,16H2,17H3. The van der Waals surface area contributed by atoms with Gasteiger partial charge < -0.3 is 0 Å². The maximum atomic E-state index is 3.09. The van der Waals surface area contributed by atoms with E-state index in [4.69, 9.17) is 0 Å². The second-order valence-electron chi connectivity index (χ2n) is 4.45. The van der Waals surface area contributed by atoms with Crippen molar-refractivity contribution in [2.24, 2.45) is 0 Å². The molecule has 0 fully saturated rings. The van der Waals surface area contributed by atoms with Crippen LogP contribution in [-0.2, 0) is 5.16 Å². The first-order valence-corrected chi connectivity index (χ1v) is 8.16. The lowest BCUT2D eigenvalue weighted by Gasteiger charge is -2.30. The quantitative estimate of drug-likeness (QED) is 0.584. The van der Waals surface area contributed by atoms with Crippen molar-refractivity contribution in [1.29, 1.82) is 0 Å². The molecule has 0 spiro atoms. The first kappa shape index (κ1) is 12.5. The van der Waals surface area contributed by atoms with Crippen molar-refractivity contribution in [1.82, 2.24) is 0 Å². The summed E-state index contributed by atoms with van der Waals surface area (Å²) in [7, 11) is 4.35. The van der Waals surface area contributed by atoms with Crippen molar-refractivity contribution in [3.63, 3.8) is 0 Å². The minimum atomic E-state index is 0.0876. The average Bonchev–Trinajstić information content (AvgIpc) is 2.41. The Labute approximate surface area is 109 Å². The van der Waals surface area contributed by atoms with Crippen LogP contribution in [0.15, 0.2) is 60.7 Å². The third-order valence-electron chi connectivity index (χ3n) is 3.22. The van der Waals surface area contributed by atoms with Crippen LogP contribution in [0.1, 0.15) is 17.5 Å². The number of benzene rings is 2. The van der Waals surface area contributed by atoms with Crippen molar-refractivity contribution in [2.45, 2.75) is 17.6 Å². The molecule has 0 N–H and O–H groups in total. The van der Waals surface area contributed by atoms with Gasteiger partial charge in [-0.1, -0.05) is 66.7 Å². The van der Waals surface area contributed by atoms with Crippen molar-refractivity contribution in [3.8, 4) is 0 Å². The first-order chi connectivity index (χ1) is 8.27. The Morgan fingerprint density at radius 3 is 1.59 bits per heavy atom. The molecule has 0 aliphatic heterocycles. The second-order valence-corrected chi connectivity index (χ2v) is 6.44. The summed E-state index contributed by atoms with van der Waals surface area (Å²) in [5.74, 6) is 0. The van der Waals surface area contributed by atoms with E-state index in [0.29, 0.717) is 0 Å². The third-order valence-corrected chi connectivity index (χ3v) is 4.68. The smallest absolute Gasteiger partial charge is 0.0341 e. The molecule has 0 amide bonds. The summed E-state index contributed by atoms with van der Waals surface area (Å²) in [6, 6.07) is 22.9. The fraction of sp³-hybridized carbons (Fsp3) is 0.200. The molecular weight excluding hydrogens is 239 g/mol. The van der Waals surface area contributed by atoms with Gasteiger partial charge in [0.05, 0.1) is 0 Å². The van der Waals surface area contributed by atoms with E-state index in [0.717, 1.165) is 0 Å². The normalized spacial score (nSPS) is 11.6. The molecule has 2 aromatic carbocycles. The fourth-order valence-corrected chi connectivity index (χ4v) is 4.36. The molecule has 0 nitrogen and oxygen atoms in total. The highest BCUT2D eigenvalue weighted by Gasteiger charge is 2.27. The van der Waals surface area contributed by atoms with Crippen LogP contribution in [0, 0.1) is 0 Å². The summed E-state index contributed by atoms with van der Waals surface area (Å²) in [5.41, 5.74) is 2.79. The van der Waals surface area contributed by atoms with Crippen LogP contribution in [0.4, 0.5) is 0 Å². The second kappa shape index (κ2) is 5.62. The van der Waals surface area contributed by atoms with Gasteiger partial charge >= 0.3 is 0 Å². The molecule has 0 aliphatic rings. The molecular formula is C15H19PSi. The zero-order chi connectivity index (χ0) is 12.1. The lowest BCUT2D eigenvalue weighted by atomic mass is 9.88. The largest absolute Gasteiger partial charge is 0.122 e. The topological polar surface area (TPSA) is 0 Å². The van der Waals surface area contributed by atoms with Gasteiger partial charge in [-0.2, -0.15) is 0 Å². The fourth-order valence-electron chi connectivity index (χ4n) is 2.32. The van der Waals surface area contributed by atoms with Gasteiger partial charge in [0.2, 0.25) is 0 Å². The summed E-state index contributed by atoms with van der Waals surface area (Å²) in [4.78, 5) is 0. The molecule has 88 valence electrons. The van der Waals surface area contributed by atoms with Gasteiger partial charge in [0.1, 0.15) is 0 Å². The number of rotatable bonds is 4. The van der Waals surface area contributed by atoms with E-state index in [1.54, 1.807) is 0 Å². The summed E-state index contributed by atoms with van der Waals surface area (Å²) >= 11 is 0. The molecule has 2 heteroatoms. The molecule has 0 heterocycles. The van der Waals surface area contributed by atoms with Gasteiger partial charge in [0.25, 0.3) is 0 Å². The molecule has 17 heavy (non-hydrogen) atoms. The van der Waals surface area contributed by atoms with Crippen LogP contribution in [0.25, 0.3) is 0 Å². The van der Waals surface area contributed by atoms with Gasteiger partial charge in [0, 0.05) is 15.4 Å². The van der Waals surface area contributed by atoms with Gasteiger partial charge in [-0.25, -0.2) is 0 Å². The lowest BCUT2D eigenvalue weighted by molar-refractivity contribution is 0.709. The Kier molecular flexibility index (Phi) is 4.14. The summed E-state index contributed by atoms with van der Waals surface area (Å²) in [5, 5.41) is 0.0876. The predicted molar refractivity (Wildman–Crippen MR) is 82.7 cm³/mol. The average molecular weight is 258 g/mol. The van der Waals surface area contributed by atoms with Gasteiger partial charge in [0.15, 0.2) is 0 Å². The lowest BCUT2D eigenvalue weighted by Crippen LogP contribution is -2.19. The molecule has 0 bridgehead atoms. The zero-order valence-corrected chi connectivity index (χ0v) is 13.4. The molecule has 0 saturated carbocycles. The third kappa shape index (κ3) is 2.67. The van der Waals surface area contributed by atoms with Crippen LogP contribution in [0.2, 0.25) is 6.04 Å². The summed E-state index contributed by atoms with van der Waals surface area (Å²) in [6.07, 6.45) is 1.21. The van der Waals surface area contributed by atoms with Gasteiger partial charge in [-0.3, -0.25) is 0 Å². The van der Waals surface area contributed by atoms with E-state index in [-0.39, 0.29) is 5.16 Å². The molecule has 0 radical (unpaired) electrons.